The molecule has 0 radical (unpaired) electrons. The number of oxime groups is 1. The van der Waals surface area contributed by atoms with Crippen molar-refractivity contribution >= 4 is 28.1 Å². The Hall–Kier alpha value is -2.32. The van der Waals surface area contributed by atoms with Gasteiger partial charge in [-0.15, -0.1) is 0 Å². The van der Waals surface area contributed by atoms with Crippen molar-refractivity contribution in [1.82, 2.24) is 0 Å². The lowest BCUT2D eigenvalue weighted by Crippen LogP contribution is -2.02. The minimum absolute atomic E-state index is 0.102. The number of fused-ring (bicyclic) bond motifs is 1. The van der Waals surface area contributed by atoms with Crippen LogP contribution < -0.4 is 0 Å². The van der Waals surface area contributed by atoms with Crippen LogP contribution in [0.4, 0.5) is 0 Å². The topological polar surface area (TPSA) is 21.6 Å². The SMILES string of the molecule is Clc1ccccc1C1CC(c2ccc3ccccc3c2)=NO1. The average molecular weight is 308 g/mol. The molecule has 3 aromatic rings. The highest BCUT2D eigenvalue weighted by molar-refractivity contribution is 6.31. The van der Waals surface area contributed by atoms with Crippen LogP contribution >= 0.6 is 11.6 Å². The third-order valence-corrected chi connectivity index (χ3v) is 4.35. The Bertz CT molecular complexity index is 872. The Morgan fingerprint density at radius 2 is 1.68 bits per heavy atom. The monoisotopic (exact) mass is 307 g/mol. The summed E-state index contributed by atoms with van der Waals surface area (Å²) >= 11 is 6.25. The number of rotatable bonds is 2. The maximum absolute atomic E-state index is 6.25. The fourth-order valence-corrected chi connectivity index (χ4v) is 3.08. The maximum atomic E-state index is 6.25. The van der Waals surface area contributed by atoms with Crippen LogP contribution in [0, 0.1) is 0 Å². The first kappa shape index (κ1) is 13.4. The van der Waals surface area contributed by atoms with Crippen LogP contribution in [0.2, 0.25) is 5.02 Å². The third-order valence-electron chi connectivity index (χ3n) is 4.00. The Balaban J connectivity index is 1.63. The molecule has 0 bridgehead atoms. The van der Waals surface area contributed by atoms with Crippen LogP contribution in [0.25, 0.3) is 10.8 Å². The summed E-state index contributed by atoms with van der Waals surface area (Å²) in [5.74, 6) is 0. The van der Waals surface area contributed by atoms with E-state index in [2.05, 4.69) is 35.5 Å². The van der Waals surface area contributed by atoms with Gasteiger partial charge in [-0.1, -0.05) is 71.4 Å². The molecule has 0 aromatic heterocycles. The molecular formula is C19H14ClNO. The molecule has 1 unspecified atom stereocenters. The van der Waals surface area contributed by atoms with E-state index in [4.69, 9.17) is 16.4 Å². The standard InChI is InChI=1S/C19H14ClNO/c20-17-8-4-3-7-16(17)19-12-18(21-22-19)15-10-9-13-5-1-2-6-14(13)11-15/h1-11,19H,12H2. The molecule has 0 saturated carbocycles. The van der Waals surface area contributed by atoms with Crippen molar-refractivity contribution in [1.29, 1.82) is 0 Å². The third kappa shape index (κ3) is 2.36. The molecule has 0 amide bonds. The predicted octanol–water partition coefficient (Wildman–Crippen LogP) is 5.36. The molecule has 1 heterocycles. The smallest absolute Gasteiger partial charge is 0.159 e. The zero-order valence-electron chi connectivity index (χ0n) is 11.9. The molecule has 1 aliphatic rings. The van der Waals surface area contributed by atoms with Crippen molar-refractivity contribution in [2.75, 3.05) is 0 Å². The van der Waals surface area contributed by atoms with Gasteiger partial charge in [-0.25, -0.2) is 0 Å². The quantitative estimate of drug-likeness (QED) is 0.624. The van der Waals surface area contributed by atoms with Gasteiger partial charge in [-0.3, -0.25) is 0 Å². The molecule has 1 atom stereocenters. The zero-order chi connectivity index (χ0) is 14.9. The van der Waals surface area contributed by atoms with E-state index in [9.17, 15) is 0 Å². The van der Waals surface area contributed by atoms with Crippen LogP contribution in [0.15, 0.2) is 71.9 Å². The first-order valence-corrected chi connectivity index (χ1v) is 7.65. The second kappa shape index (κ2) is 5.47. The first-order valence-electron chi connectivity index (χ1n) is 7.27. The summed E-state index contributed by atoms with van der Waals surface area (Å²) in [6.45, 7) is 0. The summed E-state index contributed by atoms with van der Waals surface area (Å²) in [7, 11) is 0. The average Bonchev–Trinajstić information content (AvgIpc) is 3.04. The fourth-order valence-electron chi connectivity index (χ4n) is 2.82. The second-order valence-corrected chi connectivity index (χ2v) is 5.83. The van der Waals surface area contributed by atoms with Crippen LogP contribution in [0.3, 0.4) is 0 Å². The van der Waals surface area contributed by atoms with Gasteiger partial charge in [0, 0.05) is 22.6 Å². The first-order chi connectivity index (χ1) is 10.8. The molecule has 0 N–H and O–H groups in total. The molecule has 0 saturated heterocycles. The van der Waals surface area contributed by atoms with Crippen LogP contribution in [-0.4, -0.2) is 5.71 Å². The van der Waals surface area contributed by atoms with E-state index in [0.29, 0.717) is 0 Å². The summed E-state index contributed by atoms with van der Waals surface area (Å²) in [5.41, 5.74) is 3.06. The highest BCUT2D eigenvalue weighted by Gasteiger charge is 2.25. The van der Waals surface area contributed by atoms with Gasteiger partial charge in [0.15, 0.2) is 6.10 Å². The summed E-state index contributed by atoms with van der Waals surface area (Å²) < 4.78 is 0. The van der Waals surface area contributed by atoms with Crippen molar-refractivity contribution in [2.24, 2.45) is 5.16 Å². The van der Waals surface area contributed by atoms with Crippen molar-refractivity contribution in [3.63, 3.8) is 0 Å². The number of hydrogen-bond acceptors (Lipinski definition) is 2. The van der Waals surface area contributed by atoms with Crippen molar-refractivity contribution in [3.8, 4) is 0 Å². The normalized spacial score (nSPS) is 17.3. The molecule has 0 aliphatic carbocycles. The molecule has 22 heavy (non-hydrogen) atoms. The molecule has 3 aromatic carbocycles. The lowest BCUT2D eigenvalue weighted by molar-refractivity contribution is 0.0858. The maximum Gasteiger partial charge on any atom is 0.159 e. The molecule has 2 nitrogen and oxygen atoms in total. The zero-order valence-corrected chi connectivity index (χ0v) is 12.6. The molecule has 1 aliphatic heterocycles. The summed E-state index contributed by atoms with van der Waals surface area (Å²) in [6, 6.07) is 22.5. The van der Waals surface area contributed by atoms with Gasteiger partial charge in [0.05, 0.1) is 5.71 Å². The largest absolute Gasteiger partial charge is 0.387 e. The minimum Gasteiger partial charge on any atom is -0.387 e. The molecular weight excluding hydrogens is 294 g/mol. The Kier molecular flexibility index (Phi) is 3.32. The Labute approximate surface area is 134 Å². The molecule has 0 fully saturated rings. The summed E-state index contributed by atoms with van der Waals surface area (Å²) in [5, 5.41) is 7.44. The van der Waals surface area contributed by atoms with E-state index in [1.54, 1.807) is 0 Å². The van der Waals surface area contributed by atoms with Gasteiger partial charge in [0.1, 0.15) is 0 Å². The lowest BCUT2D eigenvalue weighted by Gasteiger charge is -2.10. The number of benzene rings is 3. The Morgan fingerprint density at radius 3 is 2.55 bits per heavy atom. The molecule has 3 heteroatoms. The summed E-state index contributed by atoms with van der Waals surface area (Å²) in [6.07, 6.45) is 0.636. The van der Waals surface area contributed by atoms with E-state index < -0.39 is 0 Å². The van der Waals surface area contributed by atoms with Crippen molar-refractivity contribution in [2.45, 2.75) is 12.5 Å². The van der Waals surface area contributed by atoms with E-state index in [-0.39, 0.29) is 6.10 Å². The van der Waals surface area contributed by atoms with E-state index in [0.717, 1.165) is 28.3 Å². The van der Waals surface area contributed by atoms with Gasteiger partial charge in [-0.05, 0) is 22.9 Å². The van der Waals surface area contributed by atoms with Crippen LogP contribution in [0.1, 0.15) is 23.7 Å². The van der Waals surface area contributed by atoms with Crippen LogP contribution in [-0.2, 0) is 4.84 Å². The molecule has 4 rings (SSSR count). The lowest BCUT2D eigenvalue weighted by atomic mass is 9.98. The van der Waals surface area contributed by atoms with Crippen molar-refractivity contribution < 1.29 is 4.84 Å². The van der Waals surface area contributed by atoms with Gasteiger partial charge in [-0.2, -0.15) is 0 Å². The van der Waals surface area contributed by atoms with Gasteiger partial charge in [0.2, 0.25) is 0 Å². The molecule has 108 valence electrons. The van der Waals surface area contributed by atoms with Gasteiger partial charge < -0.3 is 4.84 Å². The highest BCUT2D eigenvalue weighted by atomic mass is 35.5. The van der Waals surface area contributed by atoms with Gasteiger partial charge in [0.25, 0.3) is 0 Å². The van der Waals surface area contributed by atoms with Crippen molar-refractivity contribution in [3.05, 3.63) is 82.9 Å². The number of nitrogens with zero attached hydrogens (tertiary/aromatic N) is 1. The fraction of sp³-hybridized carbons (Fsp3) is 0.105. The molecule has 0 spiro atoms. The predicted molar refractivity (Wildman–Crippen MR) is 90.4 cm³/mol. The van der Waals surface area contributed by atoms with E-state index in [1.165, 1.54) is 10.8 Å². The van der Waals surface area contributed by atoms with E-state index >= 15 is 0 Å². The van der Waals surface area contributed by atoms with E-state index in [1.807, 2.05) is 36.4 Å². The van der Waals surface area contributed by atoms with Gasteiger partial charge >= 0.3 is 0 Å². The highest BCUT2D eigenvalue weighted by Crippen LogP contribution is 2.33. The summed E-state index contributed by atoms with van der Waals surface area (Å²) in [4.78, 5) is 5.60. The van der Waals surface area contributed by atoms with Crippen LogP contribution in [0.5, 0.6) is 0 Å². The minimum atomic E-state index is -0.102. The Morgan fingerprint density at radius 1 is 0.909 bits per heavy atom. The second-order valence-electron chi connectivity index (χ2n) is 5.42. The number of halogens is 1. The number of hydrogen-bond donors (Lipinski definition) is 0.